The Bertz CT molecular complexity index is 612. The summed E-state index contributed by atoms with van der Waals surface area (Å²) in [5.41, 5.74) is 0. The second kappa shape index (κ2) is 6.51. The van der Waals surface area contributed by atoms with Gasteiger partial charge in [-0.15, -0.1) is 10.2 Å². The minimum Gasteiger partial charge on any atom is -0.493 e. The lowest BCUT2D eigenvalue weighted by Crippen LogP contribution is -1.98. The molecule has 0 aliphatic carbocycles. The van der Waals surface area contributed by atoms with E-state index in [1.807, 2.05) is 6.92 Å². The quantitative estimate of drug-likeness (QED) is 0.811. The minimum absolute atomic E-state index is 0.183. The monoisotopic (exact) mass is 296 g/mol. The van der Waals surface area contributed by atoms with E-state index in [0.717, 1.165) is 0 Å². The molecular formula is C13H16N2O4S. The molecule has 108 valence electrons. The summed E-state index contributed by atoms with van der Waals surface area (Å²) >= 11 is 0. The van der Waals surface area contributed by atoms with Crippen molar-refractivity contribution in [1.82, 2.24) is 10.2 Å². The van der Waals surface area contributed by atoms with Crippen molar-refractivity contribution in [2.24, 2.45) is 0 Å². The molecule has 6 nitrogen and oxygen atoms in total. The average molecular weight is 296 g/mol. The Morgan fingerprint density at radius 1 is 1.15 bits per heavy atom. The van der Waals surface area contributed by atoms with E-state index < -0.39 is 10.8 Å². The summed E-state index contributed by atoms with van der Waals surface area (Å²) in [6, 6.07) is 5.14. The number of nitrogens with zero attached hydrogens (tertiary/aromatic N) is 2. The highest BCUT2D eigenvalue weighted by Gasteiger charge is 2.13. The highest BCUT2D eigenvalue weighted by Crippen LogP contribution is 2.29. The summed E-state index contributed by atoms with van der Waals surface area (Å²) in [7, 11) is 1.82. The summed E-state index contributed by atoms with van der Waals surface area (Å²) in [6.07, 6.45) is 0.663. The van der Waals surface area contributed by atoms with Crippen LogP contribution in [-0.4, -0.2) is 28.6 Å². The van der Waals surface area contributed by atoms with Crippen molar-refractivity contribution in [3.05, 3.63) is 30.0 Å². The smallest absolute Gasteiger partial charge is 0.229 e. The molecule has 2 aromatic rings. The van der Waals surface area contributed by atoms with Gasteiger partial charge in [0.05, 0.1) is 25.0 Å². The van der Waals surface area contributed by atoms with E-state index in [0.29, 0.717) is 34.6 Å². The summed E-state index contributed by atoms with van der Waals surface area (Å²) in [4.78, 5) is 0.624. The Kier molecular flexibility index (Phi) is 4.73. The normalized spacial score (nSPS) is 12.2. The Balaban J connectivity index is 2.16. The third-order valence-corrected chi connectivity index (χ3v) is 3.97. The minimum atomic E-state index is -1.28. The molecule has 0 spiro atoms. The lowest BCUT2D eigenvalue weighted by Gasteiger charge is -2.08. The molecule has 0 aliphatic heterocycles. The van der Waals surface area contributed by atoms with Crippen LogP contribution in [0.25, 0.3) is 0 Å². The van der Waals surface area contributed by atoms with Crippen LogP contribution in [0.15, 0.2) is 27.5 Å². The summed E-state index contributed by atoms with van der Waals surface area (Å²) in [5.74, 6) is 2.24. The first-order chi connectivity index (χ1) is 9.67. The molecule has 1 atom stereocenters. The lowest BCUT2D eigenvalue weighted by molar-refractivity contribution is 0.354. The van der Waals surface area contributed by atoms with E-state index >= 15 is 0 Å². The molecule has 0 N–H and O–H groups in total. The van der Waals surface area contributed by atoms with Crippen molar-refractivity contribution < 1.29 is 18.1 Å². The van der Waals surface area contributed by atoms with Gasteiger partial charge in [-0.05, 0) is 12.1 Å². The molecular weight excluding hydrogens is 280 g/mol. The fourth-order valence-electron chi connectivity index (χ4n) is 1.64. The van der Waals surface area contributed by atoms with Crippen LogP contribution in [0.1, 0.15) is 18.7 Å². The highest BCUT2D eigenvalue weighted by molar-refractivity contribution is 7.84. The Hall–Kier alpha value is -1.89. The van der Waals surface area contributed by atoms with E-state index in [4.69, 9.17) is 13.9 Å². The zero-order chi connectivity index (χ0) is 14.5. The van der Waals surface area contributed by atoms with Gasteiger partial charge in [0.1, 0.15) is 5.75 Å². The fraction of sp³-hybridized carbons (Fsp3) is 0.385. The van der Waals surface area contributed by atoms with Crippen molar-refractivity contribution in [1.29, 1.82) is 0 Å². The van der Waals surface area contributed by atoms with Crippen LogP contribution in [0.5, 0.6) is 11.5 Å². The van der Waals surface area contributed by atoms with Crippen molar-refractivity contribution in [3.8, 4) is 11.5 Å². The van der Waals surface area contributed by atoms with Crippen LogP contribution in [0.4, 0.5) is 0 Å². The van der Waals surface area contributed by atoms with Gasteiger partial charge in [0.2, 0.25) is 11.8 Å². The van der Waals surface area contributed by atoms with Crippen molar-refractivity contribution in [3.63, 3.8) is 0 Å². The van der Waals surface area contributed by atoms with Crippen LogP contribution in [0, 0.1) is 0 Å². The number of hydrogen-bond donors (Lipinski definition) is 0. The van der Waals surface area contributed by atoms with Gasteiger partial charge < -0.3 is 13.9 Å². The zero-order valence-electron chi connectivity index (χ0n) is 11.6. The van der Waals surface area contributed by atoms with Gasteiger partial charge in [0.15, 0.2) is 11.5 Å². The van der Waals surface area contributed by atoms with Gasteiger partial charge in [0, 0.05) is 17.4 Å². The summed E-state index contributed by atoms with van der Waals surface area (Å²) in [6.45, 7) is 1.92. The van der Waals surface area contributed by atoms with Crippen LogP contribution in [0.3, 0.4) is 0 Å². The molecule has 0 radical (unpaired) electrons. The number of ether oxygens (including phenoxy) is 2. The highest BCUT2D eigenvalue weighted by atomic mass is 32.2. The molecule has 20 heavy (non-hydrogen) atoms. The topological polar surface area (TPSA) is 74.5 Å². The fourth-order valence-corrected chi connectivity index (χ4v) is 2.61. The molecule has 0 saturated heterocycles. The first kappa shape index (κ1) is 14.5. The second-order valence-corrected chi connectivity index (χ2v) is 5.40. The Morgan fingerprint density at radius 3 is 2.45 bits per heavy atom. The molecule has 0 unspecified atom stereocenters. The predicted molar refractivity (Wildman–Crippen MR) is 73.3 cm³/mol. The molecule has 1 aromatic carbocycles. The van der Waals surface area contributed by atoms with E-state index in [1.54, 1.807) is 25.3 Å². The van der Waals surface area contributed by atoms with Gasteiger partial charge in [-0.2, -0.15) is 0 Å². The molecule has 0 amide bonds. The molecule has 1 aromatic heterocycles. The van der Waals surface area contributed by atoms with Crippen LogP contribution >= 0.6 is 0 Å². The number of rotatable bonds is 6. The summed E-state index contributed by atoms with van der Waals surface area (Å²) < 4.78 is 28.0. The average Bonchev–Trinajstić information content (AvgIpc) is 2.94. The molecule has 0 bridgehead atoms. The number of benzene rings is 1. The first-order valence-electron chi connectivity index (χ1n) is 6.09. The number of aromatic nitrogens is 2. The molecule has 0 saturated carbocycles. The van der Waals surface area contributed by atoms with E-state index in [9.17, 15) is 4.21 Å². The zero-order valence-corrected chi connectivity index (χ0v) is 12.4. The first-order valence-corrected chi connectivity index (χ1v) is 7.41. The number of hydrogen-bond acceptors (Lipinski definition) is 6. The maximum atomic E-state index is 12.3. The van der Waals surface area contributed by atoms with Crippen molar-refractivity contribution >= 4 is 10.8 Å². The van der Waals surface area contributed by atoms with Gasteiger partial charge >= 0.3 is 0 Å². The SMILES string of the molecule is CCc1nnc(C[S@@](=O)c2ccc(OC)c(OC)c2)o1. The van der Waals surface area contributed by atoms with E-state index in [-0.39, 0.29) is 5.75 Å². The van der Waals surface area contributed by atoms with Gasteiger partial charge in [-0.25, -0.2) is 0 Å². The Labute approximate surface area is 119 Å². The maximum Gasteiger partial charge on any atom is 0.229 e. The molecule has 2 rings (SSSR count). The van der Waals surface area contributed by atoms with Gasteiger partial charge in [-0.1, -0.05) is 6.92 Å². The number of methoxy groups -OCH3 is 2. The summed E-state index contributed by atoms with van der Waals surface area (Å²) in [5, 5.41) is 7.71. The predicted octanol–water partition coefficient (Wildman–Crippen LogP) is 1.96. The third kappa shape index (κ3) is 3.16. The van der Waals surface area contributed by atoms with Gasteiger partial charge in [0.25, 0.3) is 0 Å². The molecule has 0 aliphatic rings. The molecule has 7 heteroatoms. The largest absolute Gasteiger partial charge is 0.493 e. The lowest BCUT2D eigenvalue weighted by atomic mass is 10.3. The van der Waals surface area contributed by atoms with Crippen molar-refractivity contribution in [2.75, 3.05) is 14.2 Å². The maximum absolute atomic E-state index is 12.3. The van der Waals surface area contributed by atoms with E-state index in [1.165, 1.54) is 7.11 Å². The van der Waals surface area contributed by atoms with Crippen LogP contribution < -0.4 is 9.47 Å². The van der Waals surface area contributed by atoms with Crippen LogP contribution in [0.2, 0.25) is 0 Å². The molecule has 0 fully saturated rings. The van der Waals surface area contributed by atoms with Crippen LogP contribution in [-0.2, 0) is 23.0 Å². The number of aryl methyl sites for hydroxylation is 1. The Morgan fingerprint density at radius 2 is 1.85 bits per heavy atom. The van der Waals surface area contributed by atoms with Gasteiger partial charge in [-0.3, -0.25) is 4.21 Å². The third-order valence-electron chi connectivity index (χ3n) is 2.68. The second-order valence-electron chi connectivity index (χ2n) is 3.95. The van der Waals surface area contributed by atoms with E-state index in [2.05, 4.69) is 10.2 Å². The standard InChI is InChI=1S/C13H16N2O4S/c1-4-12-14-15-13(19-12)8-20(16)9-5-6-10(17-2)11(7-9)18-3/h5-7H,4,8H2,1-3H3/t20-/m1/s1. The molecule has 1 heterocycles. The van der Waals surface area contributed by atoms with Crippen molar-refractivity contribution in [2.45, 2.75) is 24.0 Å².